The maximum Gasteiger partial charge on any atom is 0.223 e. The van der Waals surface area contributed by atoms with E-state index in [9.17, 15) is 4.39 Å². The molecule has 0 bridgehead atoms. The summed E-state index contributed by atoms with van der Waals surface area (Å²) in [7, 11) is 0. The second-order valence-corrected chi connectivity index (χ2v) is 4.43. The highest BCUT2D eigenvalue weighted by molar-refractivity contribution is 6.31. The molecule has 1 atom stereocenters. The summed E-state index contributed by atoms with van der Waals surface area (Å²) in [5.41, 5.74) is 1.27. The van der Waals surface area contributed by atoms with Crippen LogP contribution in [0.15, 0.2) is 30.5 Å². The first kappa shape index (κ1) is 12.8. The summed E-state index contributed by atoms with van der Waals surface area (Å²) in [5, 5.41) is 3.43. The molecular weight excluding hydrogens is 253 g/mol. The van der Waals surface area contributed by atoms with Crippen LogP contribution in [0, 0.1) is 12.7 Å². The van der Waals surface area contributed by atoms with Gasteiger partial charge in [0.25, 0.3) is 0 Å². The van der Waals surface area contributed by atoms with Crippen molar-refractivity contribution in [3.63, 3.8) is 0 Å². The van der Waals surface area contributed by atoms with Crippen molar-refractivity contribution >= 4 is 17.5 Å². The number of rotatable bonds is 3. The van der Waals surface area contributed by atoms with E-state index in [1.807, 2.05) is 13.8 Å². The zero-order valence-corrected chi connectivity index (χ0v) is 10.9. The molecule has 5 heteroatoms. The third-order valence-electron chi connectivity index (χ3n) is 2.57. The maximum absolute atomic E-state index is 13.7. The summed E-state index contributed by atoms with van der Waals surface area (Å²) in [6, 6.07) is 6.12. The van der Waals surface area contributed by atoms with Crippen molar-refractivity contribution in [2.45, 2.75) is 19.9 Å². The summed E-state index contributed by atoms with van der Waals surface area (Å²) in [4.78, 5) is 8.29. The van der Waals surface area contributed by atoms with E-state index in [2.05, 4.69) is 15.3 Å². The van der Waals surface area contributed by atoms with E-state index in [0.717, 1.165) is 5.69 Å². The molecule has 2 aromatic rings. The van der Waals surface area contributed by atoms with Gasteiger partial charge in [-0.15, -0.1) is 0 Å². The summed E-state index contributed by atoms with van der Waals surface area (Å²) in [6.45, 7) is 3.68. The minimum Gasteiger partial charge on any atom is -0.348 e. The largest absolute Gasteiger partial charge is 0.348 e. The number of aromatic nitrogens is 2. The van der Waals surface area contributed by atoms with Crippen LogP contribution in [0.5, 0.6) is 0 Å². The molecule has 0 amide bonds. The maximum atomic E-state index is 13.7. The highest BCUT2D eigenvalue weighted by Gasteiger charge is 2.15. The van der Waals surface area contributed by atoms with E-state index in [1.165, 1.54) is 6.07 Å². The molecule has 1 heterocycles. The fraction of sp³-hybridized carbons (Fsp3) is 0.231. The highest BCUT2D eigenvalue weighted by atomic mass is 35.5. The molecule has 1 aromatic carbocycles. The second kappa shape index (κ2) is 5.31. The molecule has 1 N–H and O–H groups in total. The van der Waals surface area contributed by atoms with E-state index in [-0.39, 0.29) is 11.9 Å². The fourth-order valence-electron chi connectivity index (χ4n) is 1.71. The van der Waals surface area contributed by atoms with Crippen LogP contribution in [0.4, 0.5) is 10.3 Å². The normalized spacial score (nSPS) is 12.2. The minimum absolute atomic E-state index is 0.305. The van der Waals surface area contributed by atoms with Crippen LogP contribution in [0.25, 0.3) is 0 Å². The van der Waals surface area contributed by atoms with Gasteiger partial charge in [0.15, 0.2) is 0 Å². The number of nitrogens with zero attached hydrogens (tertiary/aromatic N) is 2. The molecule has 0 aliphatic heterocycles. The van der Waals surface area contributed by atoms with E-state index in [4.69, 9.17) is 11.6 Å². The molecule has 94 valence electrons. The van der Waals surface area contributed by atoms with E-state index >= 15 is 0 Å². The smallest absolute Gasteiger partial charge is 0.223 e. The van der Waals surface area contributed by atoms with Gasteiger partial charge < -0.3 is 5.32 Å². The molecular formula is C13H13ClFN3. The summed E-state index contributed by atoms with van der Waals surface area (Å²) >= 11 is 6.00. The van der Waals surface area contributed by atoms with E-state index in [1.54, 1.807) is 24.4 Å². The van der Waals surface area contributed by atoms with E-state index in [0.29, 0.717) is 16.5 Å². The first-order valence-corrected chi connectivity index (χ1v) is 5.96. The van der Waals surface area contributed by atoms with Gasteiger partial charge in [-0.25, -0.2) is 14.4 Å². The predicted octanol–water partition coefficient (Wildman–Crippen LogP) is 3.75. The van der Waals surface area contributed by atoms with Crippen molar-refractivity contribution in [2.24, 2.45) is 0 Å². The van der Waals surface area contributed by atoms with Gasteiger partial charge in [0.05, 0.1) is 6.04 Å². The lowest BCUT2D eigenvalue weighted by Gasteiger charge is -2.16. The Morgan fingerprint density at radius 2 is 2.11 bits per heavy atom. The van der Waals surface area contributed by atoms with Crippen LogP contribution >= 0.6 is 11.6 Å². The molecule has 18 heavy (non-hydrogen) atoms. The van der Waals surface area contributed by atoms with Gasteiger partial charge in [-0.2, -0.15) is 0 Å². The number of hydrogen-bond acceptors (Lipinski definition) is 3. The molecule has 0 radical (unpaired) electrons. The zero-order valence-electron chi connectivity index (χ0n) is 10.1. The van der Waals surface area contributed by atoms with Gasteiger partial charge in [0, 0.05) is 22.5 Å². The molecule has 3 nitrogen and oxygen atoms in total. The van der Waals surface area contributed by atoms with Crippen LogP contribution in [-0.2, 0) is 0 Å². The van der Waals surface area contributed by atoms with Gasteiger partial charge in [-0.3, -0.25) is 0 Å². The van der Waals surface area contributed by atoms with Crippen LogP contribution in [0.2, 0.25) is 5.02 Å². The molecule has 0 saturated carbocycles. The van der Waals surface area contributed by atoms with Gasteiger partial charge >= 0.3 is 0 Å². The van der Waals surface area contributed by atoms with Crippen LogP contribution in [-0.4, -0.2) is 9.97 Å². The number of halogens is 2. The van der Waals surface area contributed by atoms with Gasteiger partial charge in [-0.05, 0) is 32.0 Å². The molecule has 1 unspecified atom stereocenters. The average Bonchev–Trinajstić information content (AvgIpc) is 2.28. The highest BCUT2D eigenvalue weighted by Crippen LogP contribution is 2.27. The lowest BCUT2D eigenvalue weighted by molar-refractivity contribution is 0.599. The Kier molecular flexibility index (Phi) is 3.77. The Hall–Kier alpha value is -1.68. The molecule has 2 rings (SSSR count). The fourth-order valence-corrected chi connectivity index (χ4v) is 2.04. The lowest BCUT2D eigenvalue weighted by atomic mass is 10.1. The number of anilines is 1. The molecule has 0 spiro atoms. The van der Waals surface area contributed by atoms with Crippen LogP contribution in [0.1, 0.15) is 24.2 Å². The monoisotopic (exact) mass is 265 g/mol. The average molecular weight is 266 g/mol. The van der Waals surface area contributed by atoms with Crippen molar-refractivity contribution in [2.75, 3.05) is 5.32 Å². The van der Waals surface area contributed by atoms with Gasteiger partial charge in [0.2, 0.25) is 5.95 Å². The van der Waals surface area contributed by atoms with Crippen molar-refractivity contribution in [1.29, 1.82) is 0 Å². The Bertz CT molecular complexity index is 539. The third kappa shape index (κ3) is 2.76. The van der Waals surface area contributed by atoms with Crippen molar-refractivity contribution in [3.05, 3.63) is 52.6 Å². The minimum atomic E-state index is -0.338. The van der Waals surface area contributed by atoms with Crippen molar-refractivity contribution in [1.82, 2.24) is 9.97 Å². The molecule has 0 saturated heterocycles. The molecule has 1 aromatic heterocycles. The number of hydrogen-bond donors (Lipinski definition) is 1. The van der Waals surface area contributed by atoms with E-state index < -0.39 is 0 Å². The quantitative estimate of drug-likeness (QED) is 0.918. The Labute approximate surface area is 110 Å². The summed E-state index contributed by atoms with van der Waals surface area (Å²) in [6.07, 6.45) is 1.65. The lowest BCUT2D eigenvalue weighted by Crippen LogP contribution is -2.11. The second-order valence-electron chi connectivity index (χ2n) is 4.02. The Morgan fingerprint density at radius 3 is 2.78 bits per heavy atom. The van der Waals surface area contributed by atoms with Crippen LogP contribution in [0.3, 0.4) is 0 Å². The summed E-state index contributed by atoms with van der Waals surface area (Å²) in [5.74, 6) is 0.122. The topological polar surface area (TPSA) is 37.8 Å². The van der Waals surface area contributed by atoms with Gasteiger partial charge in [-0.1, -0.05) is 17.7 Å². The van der Waals surface area contributed by atoms with Crippen molar-refractivity contribution < 1.29 is 4.39 Å². The number of aryl methyl sites for hydroxylation is 1. The Balaban J connectivity index is 2.25. The third-order valence-corrected chi connectivity index (χ3v) is 2.90. The summed E-state index contributed by atoms with van der Waals surface area (Å²) < 4.78 is 13.7. The first-order valence-electron chi connectivity index (χ1n) is 5.58. The molecule has 0 fully saturated rings. The standard InChI is InChI=1S/C13H13ClFN3/c1-8-6-7-16-13(17-8)18-9(2)12-10(14)4-3-5-11(12)15/h3-7,9H,1-2H3,(H,16,17,18). The first-order chi connectivity index (χ1) is 8.58. The predicted molar refractivity (Wildman–Crippen MR) is 70.2 cm³/mol. The SMILES string of the molecule is Cc1ccnc(NC(C)c2c(F)cccc2Cl)n1. The van der Waals surface area contributed by atoms with Gasteiger partial charge in [0.1, 0.15) is 5.82 Å². The number of nitrogens with one attached hydrogen (secondary N) is 1. The zero-order chi connectivity index (χ0) is 13.1. The Morgan fingerprint density at radius 1 is 1.33 bits per heavy atom. The van der Waals surface area contributed by atoms with Crippen LogP contribution < -0.4 is 5.32 Å². The molecule has 0 aliphatic carbocycles. The molecule has 0 aliphatic rings. The number of benzene rings is 1. The van der Waals surface area contributed by atoms with Crippen molar-refractivity contribution in [3.8, 4) is 0 Å².